The molecule has 1 aliphatic heterocycles. The summed E-state index contributed by atoms with van der Waals surface area (Å²) in [5.74, 6) is 0.0132. The smallest absolute Gasteiger partial charge is 0.361 e. The van der Waals surface area contributed by atoms with Gasteiger partial charge >= 0.3 is 6.18 Å². The molecule has 2 aromatic rings. The lowest BCUT2D eigenvalue weighted by Crippen LogP contribution is -2.22. The molecule has 0 fully saturated rings. The van der Waals surface area contributed by atoms with Crippen molar-refractivity contribution in [2.24, 2.45) is 0 Å². The zero-order chi connectivity index (χ0) is 23.5. The molecule has 4 nitrogen and oxygen atoms in total. The predicted octanol–water partition coefficient (Wildman–Crippen LogP) is 7.00. The maximum atomic E-state index is 14.7. The van der Waals surface area contributed by atoms with Crippen molar-refractivity contribution in [3.8, 4) is 0 Å². The van der Waals surface area contributed by atoms with Crippen molar-refractivity contribution < 1.29 is 17.6 Å². The molecule has 0 spiro atoms. The van der Waals surface area contributed by atoms with Crippen LogP contribution in [0.1, 0.15) is 61.7 Å². The molecule has 3 heterocycles. The summed E-state index contributed by atoms with van der Waals surface area (Å²) in [5, 5.41) is 7.90. The fourth-order valence-electron chi connectivity index (χ4n) is 3.76. The summed E-state index contributed by atoms with van der Waals surface area (Å²) in [5.41, 5.74) is 2.07. The summed E-state index contributed by atoms with van der Waals surface area (Å²) < 4.78 is 56.8. The third kappa shape index (κ3) is 5.11. The van der Waals surface area contributed by atoms with E-state index < -0.39 is 17.6 Å². The molecule has 3 rings (SSSR count). The molecule has 1 aliphatic rings. The second-order valence-electron chi connectivity index (χ2n) is 7.88. The van der Waals surface area contributed by atoms with E-state index in [1.54, 1.807) is 23.9 Å². The molecule has 1 atom stereocenters. The van der Waals surface area contributed by atoms with Crippen LogP contribution >= 0.6 is 0 Å². The second kappa shape index (κ2) is 9.71. The number of alkyl halides is 3. The van der Waals surface area contributed by atoms with Crippen molar-refractivity contribution in [2.45, 2.75) is 65.7 Å². The Hall–Kier alpha value is -2.90. The van der Waals surface area contributed by atoms with E-state index in [0.29, 0.717) is 6.54 Å². The van der Waals surface area contributed by atoms with Crippen LogP contribution in [-0.2, 0) is 6.54 Å². The van der Waals surface area contributed by atoms with Crippen molar-refractivity contribution >= 4 is 11.4 Å². The van der Waals surface area contributed by atoms with Crippen LogP contribution in [0.3, 0.4) is 0 Å². The fourth-order valence-corrected chi connectivity index (χ4v) is 3.76. The highest BCUT2D eigenvalue weighted by atomic mass is 19.4. The van der Waals surface area contributed by atoms with Crippen molar-refractivity contribution in [3.05, 3.63) is 70.5 Å². The van der Waals surface area contributed by atoms with Gasteiger partial charge in [0.2, 0.25) is 0 Å². The first-order valence-corrected chi connectivity index (χ1v) is 10.7. The highest BCUT2D eigenvalue weighted by Crippen LogP contribution is 2.36. The summed E-state index contributed by atoms with van der Waals surface area (Å²) in [6, 6.07) is 3.49. The Labute approximate surface area is 185 Å². The molecule has 0 bridgehead atoms. The molecule has 1 N–H and O–H groups in total. The van der Waals surface area contributed by atoms with E-state index in [9.17, 15) is 17.6 Å². The lowest BCUT2D eigenvalue weighted by Gasteiger charge is -2.25. The van der Waals surface area contributed by atoms with Gasteiger partial charge in [-0.1, -0.05) is 19.1 Å². The minimum absolute atomic E-state index is 0.124. The van der Waals surface area contributed by atoms with Crippen LogP contribution < -0.4 is 5.32 Å². The standard InChI is InChI=1S/C24H28F4N4/c1-5-8-17(24(26,27)28)13-18(19(25)6-2)21-14-22-20(9-7-12-32(22)31-21)30-23-16(4)15(3)10-11-29-23/h6,8,10-11,13-14,20H,5,7,9,12H2,1-4H3,(H,29,30)/b17-8-,18-13+,19-6+. The number of aryl methyl sites for hydroxylation is 2. The number of allylic oxidation sites excluding steroid dienone is 6. The molecule has 0 aromatic carbocycles. The first-order chi connectivity index (χ1) is 15.2. The van der Waals surface area contributed by atoms with Crippen LogP contribution in [0.5, 0.6) is 0 Å². The fraction of sp³-hybridized carbons (Fsp3) is 0.417. The van der Waals surface area contributed by atoms with E-state index in [-0.39, 0.29) is 23.7 Å². The van der Waals surface area contributed by atoms with Crippen molar-refractivity contribution in [1.29, 1.82) is 0 Å². The van der Waals surface area contributed by atoms with Crippen molar-refractivity contribution in [3.63, 3.8) is 0 Å². The molecule has 0 radical (unpaired) electrons. The minimum Gasteiger partial charge on any atom is -0.361 e. The van der Waals surface area contributed by atoms with Gasteiger partial charge in [-0.15, -0.1) is 0 Å². The number of rotatable bonds is 6. The Kier molecular flexibility index (Phi) is 7.21. The van der Waals surface area contributed by atoms with Gasteiger partial charge in [0.1, 0.15) is 11.6 Å². The maximum absolute atomic E-state index is 14.7. The Morgan fingerprint density at radius 2 is 2.06 bits per heavy atom. The molecule has 172 valence electrons. The van der Waals surface area contributed by atoms with Crippen molar-refractivity contribution in [1.82, 2.24) is 14.8 Å². The van der Waals surface area contributed by atoms with E-state index in [0.717, 1.165) is 53.7 Å². The molecule has 0 aliphatic carbocycles. The van der Waals surface area contributed by atoms with E-state index in [4.69, 9.17) is 0 Å². The summed E-state index contributed by atoms with van der Waals surface area (Å²) in [7, 11) is 0. The summed E-state index contributed by atoms with van der Waals surface area (Å²) in [6.45, 7) is 7.67. The molecular weight excluding hydrogens is 420 g/mol. The highest BCUT2D eigenvalue weighted by Gasteiger charge is 2.33. The zero-order valence-corrected chi connectivity index (χ0v) is 18.7. The number of nitrogens with one attached hydrogen (secondary N) is 1. The Balaban J connectivity index is 2.03. The Bertz CT molecular complexity index is 1060. The maximum Gasteiger partial charge on any atom is 0.416 e. The van der Waals surface area contributed by atoms with Gasteiger partial charge in [0.15, 0.2) is 0 Å². The topological polar surface area (TPSA) is 42.7 Å². The van der Waals surface area contributed by atoms with E-state index in [2.05, 4.69) is 15.4 Å². The first kappa shape index (κ1) is 23.8. The lowest BCUT2D eigenvalue weighted by molar-refractivity contribution is -0.0883. The number of hydrogen-bond acceptors (Lipinski definition) is 3. The predicted molar refractivity (Wildman–Crippen MR) is 119 cm³/mol. The molecule has 0 saturated carbocycles. The van der Waals surface area contributed by atoms with Gasteiger partial charge in [-0.3, -0.25) is 4.68 Å². The number of pyridine rings is 1. The van der Waals surface area contributed by atoms with Crippen LogP contribution in [-0.4, -0.2) is 20.9 Å². The second-order valence-corrected chi connectivity index (χ2v) is 7.88. The van der Waals surface area contributed by atoms with Crippen LogP contribution in [0, 0.1) is 13.8 Å². The number of hydrogen-bond donors (Lipinski definition) is 1. The van der Waals surface area contributed by atoms with Gasteiger partial charge in [-0.2, -0.15) is 18.3 Å². The first-order valence-electron chi connectivity index (χ1n) is 10.7. The van der Waals surface area contributed by atoms with Gasteiger partial charge in [0.05, 0.1) is 23.0 Å². The third-order valence-corrected chi connectivity index (χ3v) is 5.65. The molecule has 0 saturated heterocycles. The number of halogens is 4. The summed E-state index contributed by atoms with van der Waals surface area (Å²) in [4.78, 5) is 4.42. The van der Waals surface area contributed by atoms with Gasteiger partial charge in [0.25, 0.3) is 0 Å². The van der Waals surface area contributed by atoms with Crippen LogP contribution in [0.25, 0.3) is 5.57 Å². The number of nitrogens with zero attached hydrogens (tertiary/aromatic N) is 3. The van der Waals surface area contributed by atoms with Gasteiger partial charge in [-0.25, -0.2) is 9.37 Å². The average Bonchev–Trinajstić information content (AvgIpc) is 3.18. The van der Waals surface area contributed by atoms with E-state index in [1.165, 1.54) is 6.92 Å². The SMILES string of the molecule is C\C=C(F)/C(=C\C(=C\CC)C(F)(F)F)c1cc2n(n1)CCCC2Nc1nccc(C)c1C. The Morgan fingerprint density at radius 1 is 1.31 bits per heavy atom. The summed E-state index contributed by atoms with van der Waals surface area (Å²) >= 11 is 0. The zero-order valence-electron chi connectivity index (χ0n) is 18.7. The number of aromatic nitrogens is 3. The average molecular weight is 449 g/mol. The molecule has 8 heteroatoms. The van der Waals surface area contributed by atoms with Crippen LogP contribution in [0.4, 0.5) is 23.4 Å². The molecule has 2 aromatic heterocycles. The molecule has 1 unspecified atom stereocenters. The van der Waals surface area contributed by atoms with Crippen LogP contribution in [0.2, 0.25) is 0 Å². The van der Waals surface area contributed by atoms with E-state index in [1.807, 2.05) is 19.9 Å². The van der Waals surface area contributed by atoms with Crippen LogP contribution in [0.15, 0.2) is 48.0 Å². The molecule has 32 heavy (non-hydrogen) atoms. The minimum atomic E-state index is -4.58. The highest BCUT2D eigenvalue weighted by molar-refractivity contribution is 5.77. The quantitative estimate of drug-likeness (QED) is 0.382. The van der Waals surface area contributed by atoms with E-state index >= 15 is 0 Å². The monoisotopic (exact) mass is 448 g/mol. The number of fused-ring (bicyclic) bond motifs is 1. The van der Waals surface area contributed by atoms with Crippen molar-refractivity contribution in [2.75, 3.05) is 5.32 Å². The lowest BCUT2D eigenvalue weighted by atomic mass is 10.0. The summed E-state index contributed by atoms with van der Waals surface area (Å²) in [6.07, 6.45) is 2.05. The van der Waals surface area contributed by atoms with Gasteiger partial charge in [-0.05, 0) is 69.4 Å². The number of anilines is 1. The normalized spacial score (nSPS) is 18.0. The molecular formula is C24H28F4N4. The third-order valence-electron chi connectivity index (χ3n) is 5.65. The van der Waals surface area contributed by atoms with Gasteiger partial charge in [0, 0.05) is 18.3 Å². The largest absolute Gasteiger partial charge is 0.416 e. The molecule has 0 amide bonds. The van der Waals surface area contributed by atoms with Gasteiger partial charge < -0.3 is 5.32 Å². The Morgan fingerprint density at radius 3 is 2.72 bits per heavy atom.